The molecule has 2 aromatic rings. The van der Waals surface area contributed by atoms with Gasteiger partial charge in [0.25, 0.3) is 15.9 Å². The first-order valence-corrected chi connectivity index (χ1v) is 11.5. The molecule has 0 radical (unpaired) electrons. The number of amides is 2. The van der Waals surface area contributed by atoms with Crippen LogP contribution in [0.25, 0.3) is 0 Å². The molecule has 1 aliphatic rings. The van der Waals surface area contributed by atoms with Gasteiger partial charge < -0.3 is 14.8 Å². The Labute approximate surface area is 182 Å². The molecule has 166 valence electrons. The average molecular weight is 447 g/mol. The van der Waals surface area contributed by atoms with Gasteiger partial charge in [0.05, 0.1) is 19.8 Å². The molecule has 3 rings (SSSR count). The maximum atomic E-state index is 12.5. The highest BCUT2D eigenvalue weighted by molar-refractivity contribution is 7.90. The van der Waals surface area contributed by atoms with Gasteiger partial charge in [0.15, 0.2) is 11.5 Å². The van der Waals surface area contributed by atoms with E-state index in [1.54, 1.807) is 26.4 Å². The molecule has 0 unspecified atom stereocenters. The number of rotatable bonds is 10. The molecule has 0 aromatic heterocycles. The lowest BCUT2D eigenvalue weighted by Gasteiger charge is -2.14. The minimum Gasteiger partial charge on any atom is -0.493 e. The molecule has 8 nitrogen and oxygen atoms in total. The number of carbonyl (C=O) groups excluding carboxylic acids is 2. The smallest absolute Gasteiger partial charge is 0.269 e. The number of hydrogen-bond acceptors (Lipinski definition) is 6. The Bertz CT molecular complexity index is 1070. The molecule has 0 saturated carbocycles. The highest BCUT2D eigenvalue weighted by atomic mass is 32.2. The summed E-state index contributed by atoms with van der Waals surface area (Å²) in [5.74, 6) is 0.624. The van der Waals surface area contributed by atoms with Crippen LogP contribution in [0.3, 0.4) is 0 Å². The van der Waals surface area contributed by atoms with Gasteiger partial charge in [-0.15, -0.1) is 0 Å². The molecule has 0 aliphatic carbocycles. The van der Waals surface area contributed by atoms with Crippen LogP contribution < -0.4 is 14.8 Å². The van der Waals surface area contributed by atoms with Crippen molar-refractivity contribution in [3.05, 3.63) is 53.6 Å². The van der Waals surface area contributed by atoms with Crippen molar-refractivity contribution < 1.29 is 27.5 Å². The van der Waals surface area contributed by atoms with Crippen molar-refractivity contribution in [2.45, 2.75) is 30.6 Å². The van der Waals surface area contributed by atoms with Gasteiger partial charge in [-0.1, -0.05) is 18.2 Å². The van der Waals surface area contributed by atoms with Crippen LogP contribution in [-0.2, 0) is 21.2 Å². The summed E-state index contributed by atoms with van der Waals surface area (Å²) in [5.41, 5.74) is 1.26. The maximum absolute atomic E-state index is 12.5. The molecule has 2 amide bonds. The van der Waals surface area contributed by atoms with Gasteiger partial charge in [-0.2, -0.15) is 0 Å². The highest BCUT2D eigenvalue weighted by Crippen LogP contribution is 2.30. The monoisotopic (exact) mass is 446 g/mol. The van der Waals surface area contributed by atoms with Crippen molar-refractivity contribution >= 4 is 21.8 Å². The third kappa shape index (κ3) is 4.99. The van der Waals surface area contributed by atoms with Crippen LogP contribution in [0.15, 0.2) is 47.4 Å². The van der Waals surface area contributed by atoms with Crippen molar-refractivity contribution in [2.75, 3.05) is 27.3 Å². The second-order valence-corrected chi connectivity index (χ2v) is 8.96. The van der Waals surface area contributed by atoms with Crippen LogP contribution in [-0.4, -0.2) is 51.8 Å². The number of methoxy groups -OCH3 is 2. The van der Waals surface area contributed by atoms with Gasteiger partial charge >= 0.3 is 0 Å². The van der Waals surface area contributed by atoms with Gasteiger partial charge in [0.1, 0.15) is 4.90 Å². The topological polar surface area (TPSA) is 102 Å². The number of hydrogen-bond donors (Lipinski definition) is 1. The van der Waals surface area contributed by atoms with Crippen molar-refractivity contribution in [1.82, 2.24) is 9.62 Å². The number of fused-ring (bicyclic) bond motifs is 1. The largest absolute Gasteiger partial charge is 0.493 e. The van der Waals surface area contributed by atoms with E-state index in [2.05, 4.69) is 5.32 Å². The molecule has 0 atom stereocenters. The zero-order chi connectivity index (χ0) is 22.4. The Morgan fingerprint density at radius 2 is 1.77 bits per heavy atom. The number of ether oxygens (including phenoxy) is 2. The van der Waals surface area contributed by atoms with E-state index in [1.165, 1.54) is 12.1 Å². The van der Waals surface area contributed by atoms with Crippen molar-refractivity contribution in [3.8, 4) is 11.5 Å². The van der Waals surface area contributed by atoms with Crippen molar-refractivity contribution in [3.63, 3.8) is 0 Å². The third-order valence-corrected chi connectivity index (χ3v) is 6.93. The first kappa shape index (κ1) is 22.6. The average Bonchev–Trinajstić information content (AvgIpc) is 2.97. The van der Waals surface area contributed by atoms with E-state index < -0.39 is 15.9 Å². The van der Waals surface area contributed by atoms with Crippen LogP contribution in [0.1, 0.15) is 35.2 Å². The van der Waals surface area contributed by atoms with Gasteiger partial charge in [-0.3, -0.25) is 9.59 Å². The number of aryl methyl sites for hydroxylation is 1. The summed E-state index contributed by atoms with van der Waals surface area (Å²) < 4.78 is 36.3. The number of benzene rings is 2. The quantitative estimate of drug-likeness (QED) is 0.562. The summed E-state index contributed by atoms with van der Waals surface area (Å²) in [6.07, 6.45) is 1.92. The van der Waals surface area contributed by atoms with Gasteiger partial charge in [-0.25, -0.2) is 12.7 Å². The van der Waals surface area contributed by atoms with Gasteiger partial charge in [-0.05, 0) is 49.1 Å². The summed E-state index contributed by atoms with van der Waals surface area (Å²) in [6, 6.07) is 11.8. The molecule has 0 fully saturated rings. The Hall–Kier alpha value is -3.07. The molecule has 31 heavy (non-hydrogen) atoms. The molecular weight excluding hydrogens is 420 g/mol. The molecule has 1 N–H and O–H groups in total. The molecule has 9 heteroatoms. The fraction of sp³-hybridized carbons (Fsp3) is 0.364. The zero-order valence-electron chi connectivity index (χ0n) is 17.6. The van der Waals surface area contributed by atoms with E-state index in [0.29, 0.717) is 18.0 Å². The summed E-state index contributed by atoms with van der Waals surface area (Å²) in [7, 11) is -0.654. The second kappa shape index (κ2) is 9.82. The number of carbonyl (C=O) groups is 2. The van der Waals surface area contributed by atoms with Crippen LogP contribution >= 0.6 is 0 Å². The SMILES string of the molecule is COc1ccc(CCCNC(=O)CCCN2C(=O)c3ccccc3S2(=O)=O)cc1OC. The molecule has 1 heterocycles. The normalized spacial score (nSPS) is 14.3. The summed E-state index contributed by atoms with van der Waals surface area (Å²) >= 11 is 0. The molecule has 1 aliphatic heterocycles. The third-order valence-electron chi connectivity index (χ3n) is 5.09. The van der Waals surface area contributed by atoms with E-state index in [4.69, 9.17) is 9.47 Å². The first-order chi connectivity index (χ1) is 14.9. The summed E-state index contributed by atoms with van der Waals surface area (Å²) in [6.45, 7) is 0.481. The lowest BCUT2D eigenvalue weighted by Crippen LogP contribution is -2.32. The maximum Gasteiger partial charge on any atom is 0.269 e. The van der Waals surface area contributed by atoms with E-state index in [0.717, 1.165) is 22.7 Å². The molecule has 0 saturated heterocycles. The predicted octanol–water partition coefficient (Wildman–Crippen LogP) is 2.38. The van der Waals surface area contributed by atoms with Gasteiger partial charge in [0.2, 0.25) is 5.91 Å². The van der Waals surface area contributed by atoms with Gasteiger partial charge in [0, 0.05) is 19.5 Å². The zero-order valence-corrected chi connectivity index (χ0v) is 18.4. The van der Waals surface area contributed by atoms with E-state index in [9.17, 15) is 18.0 Å². The second-order valence-electron chi connectivity index (χ2n) is 7.12. The minimum atomic E-state index is -3.82. The summed E-state index contributed by atoms with van der Waals surface area (Å²) in [4.78, 5) is 24.4. The summed E-state index contributed by atoms with van der Waals surface area (Å²) in [5, 5.41) is 2.83. The minimum absolute atomic E-state index is 0.0189. The number of nitrogens with zero attached hydrogens (tertiary/aromatic N) is 1. The molecule has 0 spiro atoms. The van der Waals surface area contributed by atoms with Crippen LogP contribution in [0.2, 0.25) is 0 Å². The Morgan fingerprint density at radius 3 is 2.48 bits per heavy atom. The van der Waals surface area contributed by atoms with Crippen LogP contribution in [0, 0.1) is 0 Å². The van der Waals surface area contributed by atoms with Crippen LogP contribution in [0.5, 0.6) is 11.5 Å². The molecule has 2 aromatic carbocycles. The highest BCUT2D eigenvalue weighted by Gasteiger charge is 2.40. The van der Waals surface area contributed by atoms with E-state index >= 15 is 0 Å². The lowest BCUT2D eigenvalue weighted by atomic mass is 10.1. The first-order valence-electron chi connectivity index (χ1n) is 10.0. The molecular formula is C22H26N2O6S. The standard InChI is InChI=1S/C22H26N2O6S/c1-29-18-12-11-16(15-19(18)30-2)7-5-13-23-21(25)10-6-14-24-22(26)17-8-3-4-9-20(17)31(24,27)28/h3-4,8-9,11-12,15H,5-7,10,13-14H2,1-2H3,(H,23,25). The van der Waals surface area contributed by atoms with Crippen LogP contribution in [0.4, 0.5) is 0 Å². The Morgan fingerprint density at radius 1 is 1.03 bits per heavy atom. The Balaban J connectivity index is 1.40. The Kier molecular flexibility index (Phi) is 7.17. The molecule has 0 bridgehead atoms. The number of sulfonamides is 1. The lowest BCUT2D eigenvalue weighted by molar-refractivity contribution is -0.121. The fourth-order valence-electron chi connectivity index (χ4n) is 3.48. The number of nitrogens with one attached hydrogen (secondary N) is 1. The fourth-order valence-corrected chi connectivity index (χ4v) is 5.09. The predicted molar refractivity (Wildman–Crippen MR) is 115 cm³/mol. The van der Waals surface area contributed by atoms with E-state index in [1.807, 2.05) is 18.2 Å². The van der Waals surface area contributed by atoms with Crippen molar-refractivity contribution in [2.24, 2.45) is 0 Å². The van der Waals surface area contributed by atoms with Crippen molar-refractivity contribution in [1.29, 1.82) is 0 Å². The van der Waals surface area contributed by atoms with E-state index in [-0.39, 0.29) is 35.8 Å².